The van der Waals surface area contributed by atoms with Gasteiger partial charge >= 0.3 is 12.1 Å². The topological polar surface area (TPSA) is 131 Å². The quantitative estimate of drug-likeness (QED) is 0.416. The number of aromatic nitrogens is 1. The monoisotopic (exact) mass is 461 g/mol. The summed E-state index contributed by atoms with van der Waals surface area (Å²) in [4.78, 5) is 35.6. The molecule has 1 atom stereocenters. The van der Waals surface area contributed by atoms with Gasteiger partial charge in [-0.25, -0.2) is 9.59 Å². The molecule has 1 aliphatic carbocycles. The minimum Gasteiger partial charge on any atom is -0.480 e. The molecule has 1 aromatic heterocycles. The minimum absolute atomic E-state index is 0.0496. The van der Waals surface area contributed by atoms with Crippen molar-refractivity contribution in [3.63, 3.8) is 0 Å². The van der Waals surface area contributed by atoms with Crippen LogP contribution in [0.2, 0.25) is 0 Å². The molecule has 1 unspecified atom stereocenters. The van der Waals surface area contributed by atoms with Crippen LogP contribution in [0.3, 0.4) is 0 Å². The van der Waals surface area contributed by atoms with Gasteiger partial charge in [-0.3, -0.25) is 4.79 Å². The van der Waals surface area contributed by atoms with Gasteiger partial charge in [-0.15, -0.1) is 6.58 Å². The van der Waals surface area contributed by atoms with Crippen LogP contribution in [0.4, 0.5) is 4.79 Å². The van der Waals surface area contributed by atoms with Crippen molar-refractivity contribution in [2.24, 2.45) is 0 Å². The Morgan fingerprint density at radius 3 is 2.38 bits per heavy atom. The second kappa shape index (κ2) is 10.0. The highest BCUT2D eigenvalue weighted by atomic mass is 16.5. The van der Waals surface area contributed by atoms with Crippen molar-refractivity contribution in [3.05, 3.63) is 89.8 Å². The molecule has 0 saturated heterocycles. The molecular weight excluding hydrogens is 438 g/mol. The second-order valence-corrected chi connectivity index (χ2v) is 7.75. The highest BCUT2D eigenvalue weighted by Crippen LogP contribution is 2.44. The van der Waals surface area contributed by atoms with Crippen LogP contribution < -0.4 is 10.6 Å². The summed E-state index contributed by atoms with van der Waals surface area (Å²) < 4.78 is 10.5. The number of carboxylic acids is 1. The lowest BCUT2D eigenvalue weighted by atomic mass is 9.98. The molecular formula is C25H23N3O6. The maximum absolute atomic E-state index is 12.3. The maximum atomic E-state index is 12.3. The van der Waals surface area contributed by atoms with Crippen LogP contribution in [-0.2, 0) is 16.1 Å². The number of ether oxygens (including phenoxy) is 1. The predicted octanol–water partition coefficient (Wildman–Crippen LogP) is 3.47. The number of carbonyl (C=O) groups excluding carboxylic acids is 2. The number of rotatable bonds is 9. The Labute approximate surface area is 195 Å². The van der Waals surface area contributed by atoms with E-state index in [2.05, 4.69) is 34.5 Å². The first kappa shape index (κ1) is 22.8. The van der Waals surface area contributed by atoms with Crippen molar-refractivity contribution in [2.75, 3.05) is 6.61 Å². The highest BCUT2D eigenvalue weighted by molar-refractivity contribution is 5.95. The van der Waals surface area contributed by atoms with Crippen LogP contribution in [0, 0.1) is 0 Å². The first-order valence-electron chi connectivity index (χ1n) is 10.7. The maximum Gasteiger partial charge on any atom is 0.407 e. The molecule has 0 fully saturated rings. The lowest BCUT2D eigenvalue weighted by Crippen LogP contribution is -2.40. The highest BCUT2D eigenvalue weighted by Gasteiger charge is 2.29. The molecule has 1 aliphatic rings. The third-order valence-electron chi connectivity index (χ3n) is 5.55. The average molecular weight is 461 g/mol. The Balaban J connectivity index is 1.31. The average Bonchev–Trinajstić information content (AvgIpc) is 3.44. The fourth-order valence-electron chi connectivity index (χ4n) is 3.93. The van der Waals surface area contributed by atoms with Gasteiger partial charge in [0.25, 0.3) is 5.91 Å². The van der Waals surface area contributed by atoms with E-state index in [0.29, 0.717) is 0 Å². The van der Waals surface area contributed by atoms with E-state index >= 15 is 0 Å². The van der Waals surface area contributed by atoms with Crippen LogP contribution in [0.5, 0.6) is 0 Å². The van der Waals surface area contributed by atoms with Gasteiger partial charge in [0.1, 0.15) is 12.6 Å². The Kier molecular flexibility index (Phi) is 6.72. The minimum atomic E-state index is -1.19. The molecule has 3 aromatic rings. The van der Waals surface area contributed by atoms with Crippen molar-refractivity contribution in [1.82, 2.24) is 15.8 Å². The summed E-state index contributed by atoms with van der Waals surface area (Å²) in [6, 6.07) is 16.3. The molecule has 9 nitrogen and oxygen atoms in total. The number of hydrogen-bond donors (Lipinski definition) is 3. The van der Waals surface area contributed by atoms with E-state index in [1.807, 2.05) is 36.4 Å². The van der Waals surface area contributed by atoms with Crippen molar-refractivity contribution in [3.8, 4) is 11.1 Å². The second-order valence-electron chi connectivity index (χ2n) is 7.75. The third-order valence-corrected chi connectivity index (χ3v) is 5.55. The van der Waals surface area contributed by atoms with Crippen molar-refractivity contribution < 1.29 is 28.8 Å². The number of carboxylic acid groups (broad SMARTS) is 1. The van der Waals surface area contributed by atoms with E-state index in [1.54, 1.807) is 0 Å². The zero-order valence-corrected chi connectivity index (χ0v) is 18.2. The normalized spacial score (nSPS) is 12.8. The van der Waals surface area contributed by atoms with E-state index in [-0.39, 0.29) is 36.9 Å². The van der Waals surface area contributed by atoms with Crippen LogP contribution in [0.1, 0.15) is 39.7 Å². The van der Waals surface area contributed by atoms with Crippen LogP contribution in [-0.4, -0.2) is 40.9 Å². The first-order valence-corrected chi connectivity index (χ1v) is 10.7. The van der Waals surface area contributed by atoms with E-state index < -0.39 is 24.0 Å². The van der Waals surface area contributed by atoms with Gasteiger partial charge in [0.05, 0.1) is 6.54 Å². The molecule has 2 aromatic carbocycles. The van der Waals surface area contributed by atoms with Gasteiger partial charge in [-0.2, -0.15) is 0 Å². The van der Waals surface area contributed by atoms with Crippen molar-refractivity contribution in [2.45, 2.75) is 24.9 Å². The first-order chi connectivity index (χ1) is 16.5. The molecule has 9 heteroatoms. The molecule has 0 bridgehead atoms. The summed E-state index contributed by atoms with van der Waals surface area (Å²) in [6.45, 7) is 3.59. The summed E-state index contributed by atoms with van der Waals surface area (Å²) in [7, 11) is 0. The van der Waals surface area contributed by atoms with E-state index in [0.717, 1.165) is 22.3 Å². The number of nitrogens with one attached hydrogen (secondary N) is 2. The molecule has 0 aliphatic heterocycles. The number of alkyl carbamates (subject to hydrolysis) is 1. The van der Waals surface area contributed by atoms with Gasteiger partial charge in [0.2, 0.25) is 0 Å². The summed E-state index contributed by atoms with van der Waals surface area (Å²) in [5.74, 6) is -1.73. The largest absolute Gasteiger partial charge is 0.480 e. The number of fused-ring (bicyclic) bond motifs is 3. The zero-order chi connectivity index (χ0) is 24.1. The number of carbonyl (C=O) groups is 3. The SMILES string of the molecule is C=CCC(NC(=O)c1cc(CNC(=O)OCC2c3ccccc3-c3ccccc32)on1)C(=O)O. The van der Waals surface area contributed by atoms with Crippen LogP contribution in [0.15, 0.2) is 71.8 Å². The molecule has 0 radical (unpaired) electrons. The third kappa shape index (κ3) is 4.83. The molecule has 1 heterocycles. The van der Waals surface area contributed by atoms with Gasteiger partial charge in [-0.1, -0.05) is 59.8 Å². The predicted molar refractivity (Wildman–Crippen MR) is 122 cm³/mol. The molecule has 0 spiro atoms. The fraction of sp³-hybridized carbons (Fsp3) is 0.200. The van der Waals surface area contributed by atoms with Gasteiger partial charge in [0.15, 0.2) is 11.5 Å². The standard InChI is InChI=1S/C25H23N3O6/c1-2-7-21(24(30)31)27-23(29)22-12-15(34-28-22)13-26-25(32)33-14-20-18-10-5-3-8-16(18)17-9-4-6-11-19(17)20/h2-6,8-12,20-21H,1,7,13-14H2,(H,26,32)(H,27,29)(H,30,31). The molecule has 3 N–H and O–H groups in total. The molecule has 2 amide bonds. The molecule has 174 valence electrons. The molecule has 0 saturated carbocycles. The summed E-state index contributed by atoms with van der Waals surface area (Å²) in [5, 5.41) is 17.7. The Morgan fingerprint density at radius 1 is 1.12 bits per heavy atom. The van der Waals surface area contributed by atoms with Gasteiger partial charge in [-0.05, 0) is 28.7 Å². The van der Waals surface area contributed by atoms with Crippen molar-refractivity contribution >= 4 is 18.0 Å². The van der Waals surface area contributed by atoms with E-state index in [1.165, 1.54) is 12.1 Å². The number of amides is 2. The van der Waals surface area contributed by atoms with Crippen molar-refractivity contribution in [1.29, 1.82) is 0 Å². The number of benzene rings is 2. The Morgan fingerprint density at radius 2 is 1.76 bits per heavy atom. The number of aliphatic carboxylic acids is 1. The smallest absolute Gasteiger partial charge is 0.407 e. The Bertz CT molecular complexity index is 1190. The molecule has 4 rings (SSSR count). The van der Waals surface area contributed by atoms with E-state index in [9.17, 15) is 14.4 Å². The Hall–Kier alpha value is -4.40. The summed E-state index contributed by atoms with van der Waals surface area (Å²) >= 11 is 0. The lowest BCUT2D eigenvalue weighted by molar-refractivity contribution is -0.139. The molecule has 34 heavy (non-hydrogen) atoms. The van der Waals surface area contributed by atoms with Gasteiger partial charge < -0.3 is 25.0 Å². The lowest BCUT2D eigenvalue weighted by Gasteiger charge is -2.14. The summed E-state index contributed by atoms with van der Waals surface area (Å²) in [6.07, 6.45) is 0.821. The van der Waals surface area contributed by atoms with Crippen LogP contribution in [0.25, 0.3) is 11.1 Å². The number of nitrogens with zero attached hydrogens (tertiary/aromatic N) is 1. The van der Waals surface area contributed by atoms with E-state index in [4.69, 9.17) is 14.4 Å². The number of hydrogen-bond acceptors (Lipinski definition) is 6. The fourth-order valence-corrected chi connectivity index (χ4v) is 3.93. The van der Waals surface area contributed by atoms with Crippen LogP contribution >= 0.6 is 0 Å². The summed E-state index contributed by atoms with van der Waals surface area (Å²) in [5.41, 5.74) is 4.40. The zero-order valence-electron chi connectivity index (χ0n) is 18.2. The van der Waals surface area contributed by atoms with Gasteiger partial charge in [0, 0.05) is 12.0 Å².